The summed E-state index contributed by atoms with van der Waals surface area (Å²) in [6.07, 6.45) is 5.59. The number of fused-ring (bicyclic) bond motifs is 1. The minimum atomic E-state index is 0.342. The van der Waals surface area contributed by atoms with Crippen LogP contribution in [0, 0.1) is 13.8 Å². The Hall–Kier alpha value is -2.57. The Morgan fingerprint density at radius 1 is 1.13 bits per heavy atom. The van der Waals surface area contributed by atoms with Gasteiger partial charge in [0.05, 0.1) is 5.69 Å². The highest BCUT2D eigenvalue weighted by molar-refractivity contribution is 5.73. The van der Waals surface area contributed by atoms with Crippen LogP contribution in [0.25, 0.3) is 11.2 Å². The fourth-order valence-corrected chi connectivity index (χ4v) is 3.30. The molecule has 7 heteroatoms. The zero-order chi connectivity index (χ0) is 15.8. The lowest BCUT2D eigenvalue weighted by Crippen LogP contribution is -2.36. The first-order valence-electron chi connectivity index (χ1n) is 7.93. The van der Waals surface area contributed by atoms with E-state index in [2.05, 4.69) is 35.0 Å². The number of hydrogen-bond donors (Lipinski definition) is 1. The van der Waals surface area contributed by atoms with Crippen molar-refractivity contribution in [2.24, 2.45) is 0 Å². The second kappa shape index (κ2) is 5.57. The van der Waals surface area contributed by atoms with Gasteiger partial charge in [0.25, 0.3) is 0 Å². The minimum absolute atomic E-state index is 0.342. The Bertz CT molecular complexity index is 821. The molecule has 23 heavy (non-hydrogen) atoms. The zero-order valence-electron chi connectivity index (χ0n) is 13.3. The van der Waals surface area contributed by atoms with Crippen LogP contribution in [0.4, 0.5) is 5.95 Å². The van der Waals surface area contributed by atoms with E-state index in [9.17, 15) is 0 Å². The van der Waals surface area contributed by atoms with Gasteiger partial charge in [0.15, 0.2) is 5.65 Å². The molecule has 1 atom stereocenters. The molecule has 0 aromatic carbocycles. The van der Waals surface area contributed by atoms with Gasteiger partial charge in [-0.25, -0.2) is 19.9 Å². The van der Waals surface area contributed by atoms with Crippen LogP contribution in [-0.2, 0) is 0 Å². The number of anilines is 1. The van der Waals surface area contributed by atoms with Crippen molar-refractivity contribution >= 4 is 17.1 Å². The Morgan fingerprint density at radius 2 is 1.91 bits per heavy atom. The van der Waals surface area contributed by atoms with E-state index in [0.29, 0.717) is 11.6 Å². The molecule has 0 saturated carbocycles. The Kier molecular flexibility index (Phi) is 3.40. The van der Waals surface area contributed by atoms with Crippen molar-refractivity contribution in [3.05, 3.63) is 35.5 Å². The molecular formula is C16H19N7. The van der Waals surface area contributed by atoms with Crippen molar-refractivity contribution in [1.82, 2.24) is 30.1 Å². The molecule has 1 N–H and O–H groups in total. The summed E-state index contributed by atoms with van der Waals surface area (Å²) in [6.45, 7) is 5.88. The first kappa shape index (κ1) is 14.0. The molecule has 0 aliphatic carbocycles. The second-order valence-electron chi connectivity index (χ2n) is 6.10. The average molecular weight is 309 g/mol. The van der Waals surface area contributed by atoms with E-state index >= 15 is 0 Å². The predicted octanol–water partition coefficient (Wildman–Crippen LogP) is 2.14. The van der Waals surface area contributed by atoms with Crippen molar-refractivity contribution < 1.29 is 0 Å². The third-order valence-corrected chi connectivity index (χ3v) is 4.30. The quantitative estimate of drug-likeness (QED) is 0.781. The molecule has 7 nitrogen and oxygen atoms in total. The lowest BCUT2D eigenvalue weighted by molar-refractivity contribution is 0.495. The van der Waals surface area contributed by atoms with Gasteiger partial charge in [-0.2, -0.15) is 5.10 Å². The molecule has 0 radical (unpaired) electrons. The summed E-state index contributed by atoms with van der Waals surface area (Å²) >= 11 is 0. The number of aromatic nitrogens is 6. The zero-order valence-corrected chi connectivity index (χ0v) is 13.3. The van der Waals surface area contributed by atoms with E-state index in [4.69, 9.17) is 0 Å². The van der Waals surface area contributed by atoms with Crippen LogP contribution < -0.4 is 4.90 Å². The molecule has 3 aromatic heterocycles. The number of hydrogen-bond acceptors (Lipinski definition) is 6. The monoisotopic (exact) mass is 309 g/mol. The number of aromatic amines is 1. The van der Waals surface area contributed by atoms with Crippen molar-refractivity contribution in [2.75, 3.05) is 18.0 Å². The van der Waals surface area contributed by atoms with Gasteiger partial charge in [0, 0.05) is 42.8 Å². The number of rotatable bonds is 2. The largest absolute Gasteiger partial charge is 0.340 e. The summed E-state index contributed by atoms with van der Waals surface area (Å²) in [6, 6.07) is 2.00. The molecule has 118 valence electrons. The van der Waals surface area contributed by atoms with Crippen LogP contribution >= 0.6 is 0 Å². The SMILES string of the molecule is Cc1cc(C)nc(N2CCC[C@@H](c3[nH]nc4nccnc34)C2)n1. The van der Waals surface area contributed by atoms with E-state index in [1.807, 2.05) is 19.9 Å². The van der Waals surface area contributed by atoms with Gasteiger partial charge in [-0.15, -0.1) is 0 Å². The maximum absolute atomic E-state index is 4.60. The molecule has 1 saturated heterocycles. The molecule has 3 aromatic rings. The van der Waals surface area contributed by atoms with E-state index in [0.717, 1.165) is 54.5 Å². The Morgan fingerprint density at radius 3 is 2.74 bits per heavy atom. The van der Waals surface area contributed by atoms with Gasteiger partial charge in [-0.1, -0.05) is 0 Å². The van der Waals surface area contributed by atoms with Gasteiger partial charge in [0.2, 0.25) is 5.95 Å². The third kappa shape index (κ3) is 2.62. The van der Waals surface area contributed by atoms with Crippen LogP contribution in [0.1, 0.15) is 35.8 Å². The highest BCUT2D eigenvalue weighted by atomic mass is 15.3. The second-order valence-corrected chi connectivity index (χ2v) is 6.10. The highest BCUT2D eigenvalue weighted by Gasteiger charge is 2.26. The molecule has 4 heterocycles. The maximum atomic E-state index is 4.60. The van der Waals surface area contributed by atoms with E-state index in [1.54, 1.807) is 12.4 Å². The maximum Gasteiger partial charge on any atom is 0.225 e. The van der Waals surface area contributed by atoms with Gasteiger partial charge < -0.3 is 4.90 Å². The summed E-state index contributed by atoms with van der Waals surface area (Å²) in [7, 11) is 0. The summed E-state index contributed by atoms with van der Waals surface area (Å²) in [5, 5.41) is 7.41. The topological polar surface area (TPSA) is 83.5 Å². The van der Waals surface area contributed by atoms with Crippen molar-refractivity contribution in [2.45, 2.75) is 32.6 Å². The smallest absolute Gasteiger partial charge is 0.225 e. The normalized spacial score (nSPS) is 18.5. The molecule has 1 fully saturated rings. The number of nitrogens with one attached hydrogen (secondary N) is 1. The van der Waals surface area contributed by atoms with Gasteiger partial charge in [-0.3, -0.25) is 5.10 Å². The molecule has 4 rings (SSSR count). The molecule has 0 unspecified atom stereocenters. The van der Waals surface area contributed by atoms with Crippen LogP contribution in [-0.4, -0.2) is 43.2 Å². The Balaban J connectivity index is 1.64. The van der Waals surface area contributed by atoms with Crippen molar-refractivity contribution in [3.63, 3.8) is 0 Å². The number of piperidine rings is 1. The summed E-state index contributed by atoms with van der Waals surface area (Å²) in [5.41, 5.74) is 4.64. The minimum Gasteiger partial charge on any atom is -0.340 e. The fourth-order valence-electron chi connectivity index (χ4n) is 3.30. The summed E-state index contributed by atoms with van der Waals surface area (Å²) in [4.78, 5) is 20.1. The molecule has 1 aliphatic rings. The van der Waals surface area contributed by atoms with E-state index < -0.39 is 0 Å². The molecule has 0 spiro atoms. The number of aryl methyl sites for hydroxylation is 2. The molecule has 0 amide bonds. The number of H-pyrrole nitrogens is 1. The summed E-state index contributed by atoms with van der Waals surface area (Å²) < 4.78 is 0. The lowest BCUT2D eigenvalue weighted by atomic mass is 9.94. The van der Waals surface area contributed by atoms with Crippen molar-refractivity contribution in [3.8, 4) is 0 Å². The van der Waals surface area contributed by atoms with E-state index in [1.165, 1.54) is 0 Å². The molecule has 0 bridgehead atoms. The van der Waals surface area contributed by atoms with Gasteiger partial charge >= 0.3 is 0 Å². The van der Waals surface area contributed by atoms with Crippen LogP contribution in [0.3, 0.4) is 0 Å². The number of nitrogens with zero attached hydrogens (tertiary/aromatic N) is 6. The highest BCUT2D eigenvalue weighted by Crippen LogP contribution is 2.30. The average Bonchev–Trinajstić information content (AvgIpc) is 2.98. The van der Waals surface area contributed by atoms with Crippen LogP contribution in [0.2, 0.25) is 0 Å². The van der Waals surface area contributed by atoms with E-state index in [-0.39, 0.29) is 0 Å². The van der Waals surface area contributed by atoms with Gasteiger partial charge in [0.1, 0.15) is 5.52 Å². The van der Waals surface area contributed by atoms with Gasteiger partial charge in [-0.05, 0) is 32.8 Å². The standard InChI is InChI=1S/C16H19N7/c1-10-8-11(2)20-16(19-10)23-7-3-4-12(9-23)13-14-15(22-21-13)18-6-5-17-14/h5-6,8,12H,3-4,7,9H2,1-2H3,(H,18,21,22)/t12-/m1/s1. The summed E-state index contributed by atoms with van der Waals surface area (Å²) in [5.74, 6) is 1.16. The van der Waals surface area contributed by atoms with Crippen molar-refractivity contribution in [1.29, 1.82) is 0 Å². The fraction of sp³-hybridized carbons (Fsp3) is 0.438. The Labute approximate surface area is 134 Å². The third-order valence-electron chi connectivity index (χ3n) is 4.30. The molecule has 1 aliphatic heterocycles. The first-order chi connectivity index (χ1) is 11.2. The lowest BCUT2D eigenvalue weighted by Gasteiger charge is -2.32. The molecular weight excluding hydrogens is 290 g/mol. The first-order valence-corrected chi connectivity index (χ1v) is 7.93. The predicted molar refractivity (Wildman–Crippen MR) is 87.4 cm³/mol. The van der Waals surface area contributed by atoms with Crippen LogP contribution in [0.5, 0.6) is 0 Å². The van der Waals surface area contributed by atoms with Crippen LogP contribution in [0.15, 0.2) is 18.5 Å².